The highest BCUT2D eigenvalue weighted by molar-refractivity contribution is 5.80. The molecular weight excluding hydrogens is 282 g/mol. The van der Waals surface area contributed by atoms with Gasteiger partial charge in [-0.1, -0.05) is 12.1 Å². The molecule has 1 aliphatic rings. The second-order valence-electron chi connectivity index (χ2n) is 5.60. The van der Waals surface area contributed by atoms with Crippen LogP contribution in [0.1, 0.15) is 25.3 Å². The largest absolute Gasteiger partial charge is 0.484 e. The monoisotopic (exact) mass is 305 g/mol. The molecule has 0 bridgehead atoms. The van der Waals surface area contributed by atoms with Gasteiger partial charge in [-0.25, -0.2) is 0 Å². The summed E-state index contributed by atoms with van der Waals surface area (Å²) in [6.07, 6.45) is 2.86. The first-order valence-corrected chi connectivity index (χ1v) is 7.59. The van der Waals surface area contributed by atoms with E-state index in [4.69, 9.17) is 10.5 Å². The Morgan fingerprint density at radius 2 is 2.00 bits per heavy atom. The quantitative estimate of drug-likeness (QED) is 0.646. The van der Waals surface area contributed by atoms with Crippen LogP contribution in [0.15, 0.2) is 24.3 Å². The van der Waals surface area contributed by atoms with Gasteiger partial charge in [0.25, 0.3) is 5.91 Å². The van der Waals surface area contributed by atoms with Gasteiger partial charge in [0, 0.05) is 12.6 Å². The third kappa shape index (κ3) is 5.73. The number of ether oxygens (including phenoxy) is 1. The highest BCUT2D eigenvalue weighted by atomic mass is 16.5. The Labute approximate surface area is 130 Å². The Hall–Kier alpha value is -2.08. The van der Waals surface area contributed by atoms with E-state index in [1.54, 1.807) is 6.92 Å². The molecule has 4 N–H and O–H groups in total. The maximum atomic E-state index is 11.5. The highest BCUT2D eigenvalue weighted by Crippen LogP contribution is 2.18. The zero-order valence-electron chi connectivity index (χ0n) is 12.8. The molecule has 6 nitrogen and oxygen atoms in total. The lowest BCUT2D eigenvalue weighted by atomic mass is 10.1. The van der Waals surface area contributed by atoms with Crippen LogP contribution in [0, 0.1) is 0 Å². The lowest BCUT2D eigenvalue weighted by molar-refractivity contribution is -0.123. The van der Waals surface area contributed by atoms with E-state index < -0.39 is 6.04 Å². The standard InChI is InChI=1S/C16H23N3O3/c1-11(17)16(21)18-9-8-12-2-6-14(7-3-12)22-10-15(20)19-13-4-5-13/h2-3,6-7,11,13H,4-5,8-10,17H2,1H3,(H,18,21)(H,19,20)/t11-/m1/s1. The number of amides is 2. The fraction of sp³-hybridized carbons (Fsp3) is 0.500. The van der Waals surface area contributed by atoms with Gasteiger partial charge < -0.3 is 21.1 Å². The Kier molecular flexibility index (Phi) is 5.77. The highest BCUT2D eigenvalue weighted by Gasteiger charge is 2.23. The first-order chi connectivity index (χ1) is 10.5. The van der Waals surface area contributed by atoms with Crippen LogP contribution in [0.2, 0.25) is 0 Å². The predicted octanol–water partition coefficient (Wildman–Crippen LogP) is 0.350. The first-order valence-electron chi connectivity index (χ1n) is 7.59. The fourth-order valence-corrected chi connectivity index (χ4v) is 1.89. The van der Waals surface area contributed by atoms with Gasteiger partial charge in [-0.05, 0) is 43.9 Å². The molecule has 0 aromatic heterocycles. The van der Waals surface area contributed by atoms with Crippen LogP contribution < -0.4 is 21.1 Å². The van der Waals surface area contributed by atoms with E-state index in [0.29, 0.717) is 18.3 Å². The molecule has 1 saturated carbocycles. The number of hydrogen-bond donors (Lipinski definition) is 3. The SMILES string of the molecule is C[C@@H](N)C(=O)NCCc1ccc(OCC(=O)NC2CC2)cc1. The Balaban J connectivity index is 1.68. The fourth-order valence-electron chi connectivity index (χ4n) is 1.89. The molecule has 0 spiro atoms. The summed E-state index contributed by atoms with van der Waals surface area (Å²) in [4.78, 5) is 22.8. The van der Waals surface area contributed by atoms with Crippen molar-refractivity contribution in [1.29, 1.82) is 0 Å². The van der Waals surface area contributed by atoms with Gasteiger partial charge in [0.05, 0.1) is 6.04 Å². The summed E-state index contributed by atoms with van der Waals surface area (Å²) in [6, 6.07) is 7.36. The van der Waals surface area contributed by atoms with E-state index in [1.165, 1.54) is 0 Å². The Morgan fingerprint density at radius 1 is 1.32 bits per heavy atom. The minimum absolute atomic E-state index is 0.0420. The third-order valence-corrected chi connectivity index (χ3v) is 3.36. The van der Waals surface area contributed by atoms with Crippen molar-refractivity contribution in [3.05, 3.63) is 29.8 Å². The molecule has 1 atom stereocenters. The zero-order valence-corrected chi connectivity index (χ0v) is 12.8. The first kappa shape index (κ1) is 16.3. The van der Waals surface area contributed by atoms with Crippen LogP contribution >= 0.6 is 0 Å². The predicted molar refractivity (Wildman–Crippen MR) is 83.5 cm³/mol. The molecule has 2 rings (SSSR count). The van der Waals surface area contributed by atoms with Crippen molar-refractivity contribution in [2.75, 3.05) is 13.2 Å². The smallest absolute Gasteiger partial charge is 0.258 e. The number of rotatable bonds is 8. The van der Waals surface area contributed by atoms with Crippen molar-refractivity contribution in [2.45, 2.75) is 38.3 Å². The van der Waals surface area contributed by atoms with Crippen LogP contribution in [0.5, 0.6) is 5.75 Å². The molecule has 0 unspecified atom stereocenters. The summed E-state index contributed by atoms with van der Waals surface area (Å²) >= 11 is 0. The summed E-state index contributed by atoms with van der Waals surface area (Å²) in [7, 11) is 0. The summed E-state index contributed by atoms with van der Waals surface area (Å²) in [6.45, 7) is 2.24. The topological polar surface area (TPSA) is 93.5 Å². The van der Waals surface area contributed by atoms with E-state index in [-0.39, 0.29) is 18.4 Å². The van der Waals surface area contributed by atoms with Crippen molar-refractivity contribution < 1.29 is 14.3 Å². The van der Waals surface area contributed by atoms with Crippen molar-refractivity contribution in [3.8, 4) is 5.75 Å². The maximum absolute atomic E-state index is 11.5. The molecule has 0 heterocycles. The van der Waals surface area contributed by atoms with E-state index in [1.807, 2.05) is 24.3 Å². The van der Waals surface area contributed by atoms with E-state index in [9.17, 15) is 9.59 Å². The molecule has 0 radical (unpaired) electrons. The average molecular weight is 305 g/mol. The van der Waals surface area contributed by atoms with Gasteiger partial charge in [-0.3, -0.25) is 9.59 Å². The Bertz CT molecular complexity index is 510. The van der Waals surface area contributed by atoms with Gasteiger partial charge in [0.1, 0.15) is 5.75 Å². The van der Waals surface area contributed by atoms with Crippen LogP contribution in [0.4, 0.5) is 0 Å². The number of benzene rings is 1. The molecule has 1 aromatic rings. The molecule has 1 fully saturated rings. The lowest BCUT2D eigenvalue weighted by Crippen LogP contribution is -2.39. The number of carbonyl (C=O) groups is 2. The maximum Gasteiger partial charge on any atom is 0.258 e. The van der Waals surface area contributed by atoms with Crippen LogP contribution in [0.3, 0.4) is 0 Å². The number of nitrogens with one attached hydrogen (secondary N) is 2. The lowest BCUT2D eigenvalue weighted by Gasteiger charge is -2.09. The molecule has 0 aliphatic heterocycles. The number of nitrogens with two attached hydrogens (primary N) is 1. The van der Waals surface area contributed by atoms with Gasteiger partial charge in [0.15, 0.2) is 6.61 Å². The molecule has 0 saturated heterocycles. The molecule has 1 aromatic carbocycles. The van der Waals surface area contributed by atoms with Crippen molar-refractivity contribution >= 4 is 11.8 Å². The molecule has 1 aliphatic carbocycles. The van der Waals surface area contributed by atoms with Gasteiger partial charge >= 0.3 is 0 Å². The van der Waals surface area contributed by atoms with Crippen molar-refractivity contribution in [1.82, 2.24) is 10.6 Å². The molecular formula is C16H23N3O3. The average Bonchev–Trinajstić information content (AvgIpc) is 3.30. The molecule has 22 heavy (non-hydrogen) atoms. The minimum Gasteiger partial charge on any atom is -0.484 e. The number of carbonyl (C=O) groups excluding carboxylic acids is 2. The van der Waals surface area contributed by atoms with Crippen LogP contribution in [-0.2, 0) is 16.0 Å². The van der Waals surface area contributed by atoms with E-state index in [2.05, 4.69) is 10.6 Å². The van der Waals surface area contributed by atoms with Crippen LogP contribution in [0.25, 0.3) is 0 Å². The summed E-state index contributed by atoms with van der Waals surface area (Å²) in [5.74, 6) is 0.432. The minimum atomic E-state index is -0.488. The van der Waals surface area contributed by atoms with Crippen molar-refractivity contribution in [3.63, 3.8) is 0 Å². The van der Waals surface area contributed by atoms with Gasteiger partial charge in [0.2, 0.25) is 5.91 Å². The normalized spacial score (nSPS) is 15.0. The second-order valence-corrected chi connectivity index (χ2v) is 5.60. The van der Waals surface area contributed by atoms with Crippen LogP contribution in [-0.4, -0.2) is 37.0 Å². The summed E-state index contributed by atoms with van der Waals surface area (Å²) < 4.78 is 5.43. The molecule has 6 heteroatoms. The van der Waals surface area contributed by atoms with E-state index in [0.717, 1.165) is 24.8 Å². The Morgan fingerprint density at radius 3 is 2.59 bits per heavy atom. The van der Waals surface area contributed by atoms with Crippen molar-refractivity contribution in [2.24, 2.45) is 5.73 Å². The number of hydrogen-bond acceptors (Lipinski definition) is 4. The molecule has 120 valence electrons. The van der Waals surface area contributed by atoms with Gasteiger partial charge in [-0.15, -0.1) is 0 Å². The molecule has 2 amide bonds. The second kappa shape index (κ2) is 7.79. The summed E-state index contributed by atoms with van der Waals surface area (Å²) in [5.41, 5.74) is 6.55. The van der Waals surface area contributed by atoms with E-state index >= 15 is 0 Å². The summed E-state index contributed by atoms with van der Waals surface area (Å²) in [5, 5.41) is 5.63. The van der Waals surface area contributed by atoms with Gasteiger partial charge in [-0.2, -0.15) is 0 Å². The third-order valence-electron chi connectivity index (χ3n) is 3.36. The zero-order chi connectivity index (χ0) is 15.9.